The quantitative estimate of drug-likeness (QED) is 0.771. The van der Waals surface area contributed by atoms with Crippen LogP contribution in [0.15, 0.2) is 35.9 Å². The summed E-state index contributed by atoms with van der Waals surface area (Å²) < 4.78 is 0. The van der Waals surface area contributed by atoms with Gasteiger partial charge in [0.05, 0.1) is 0 Å². The fraction of sp³-hybridized carbons (Fsp3) is 0.545. The van der Waals surface area contributed by atoms with E-state index in [0.29, 0.717) is 6.54 Å². The Morgan fingerprint density at radius 1 is 1.15 bits per heavy atom. The number of nitrogens with zero attached hydrogens (tertiary/aromatic N) is 1. The van der Waals surface area contributed by atoms with Crippen molar-refractivity contribution in [1.82, 2.24) is 5.32 Å². The molecule has 4 heteroatoms. The van der Waals surface area contributed by atoms with Gasteiger partial charge >= 0.3 is 0 Å². The second-order valence-electron chi connectivity index (χ2n) is 8.08. The second-order valence-corrected chi connectivity index (χ2v) is 8.08. The summed E-state index contributed by atoms with van der Waals surface area (Å²) in [4.78, 5) is 26.2. The van der Waals surface area contributed by atoms with Crippen molar-refractivity contribution < 1.29 is 9.59 Å². The van der Waals surface area contributed by atoms with E-state index in [4.69, 9.17) is 0 Å². The standard InChI is InChI=1S/C22H32N2O2/c1-17(25)24(20-13-9-8-12-19(20)22(2,3)4)16-21(26)23-15-14-18-10-6-5-7-11-18/h8-10,12-13H,5-7,11,14-16H2,1-4H3,(H,23,26). The van der Waals surface area contributed by atoms with Gasteiger partial charge in [0.25, 0.3) is 0 Å². The number of hydrogen-bond acceptors (Lipinski definition) is 2. The first-order chi connectivity index (χ1) is 12.3. The summed E-state index contributed by atoms with van der Waals surface area (Å²) in [6.07, 6.45) is 8.04. The molecular formula is C22H32N2O2. The molecule has 0 saturated carbocycles. The van der Waals surface area contributed by atoms with Crippen molar-refractivity contribution in [3.63, 3.8) is 0 Å². The number of amides is 2. The molecule has 1 aromatic carbocycles. The van der Waals surface area contributed by atoms with E-state index in [-0.39, 0.29) is 23.8 Å². The normalized spacial score (nSPS) is 14.5. The van der Waals surface area contributed by atoms with Crippen LogP contribution in [-0.2, 0) is 15.0 Å². The molecule has 0 aliphatic heterocycles. The Morgan fingerprint density at radius 3 is 2.50 bits per heavy atom. The van der Waals surface area contributed by atoms with E-state index in [1.165, 1.54) is 25.3 Å². The fourth-order valence-corrected chi connectivity index (χ4v) is 3.40. The number of allylic oxidation sites excluding steroid dienone is 1. The Bertz CT molecular complexity index is 671. The zero-order valence-corrected chi connectivity index (χ0v) is 16.6. The van der Waals surface area contributed by atoms with Gasteiger partial charge in [-0.1, -0.05) is 50.6 Å². The molecule has 0 unspecified atom stereocenters. The van der Waals surface area contributed by atoms with Crippen molar-refractivity contribution in [1.29, 1.82) is 0 Å². The second kappa shape index (κ2) is 9.02. The number of carbonyl (C=O) groups excluding carboxylic acids is 2. The van der Waals surface area contributed by atoms with Crippen LogP contribution in [-0.4, -0.2) is 24.9 Å². The minimum absolute atomic E-state index is 0.0570. The highest BCUT2D eigenvalue weighted by molar-refractivity contribution is 5.98. The molecule has 0 atom stereocenters. The summed E-state index contributed by atoms with van der Waals surface area (Å²) >= 11 is 0. The lowest BCUT2D eigenvalue weighted by atomic mass is 9.85. The minimum Gasteiger partial charge on any atom is -0.354 e. The number of anilines is 1. The number of rotatable bonds is 6. The highest BCUT2D eigenvalue weighted by Gasteiger charge is 2.24. The zero-order valence-electron chi connectivity index (χ0n) is 16.6. The Morgan fingerprint density at radius 2 is 1.88 bits per heavy atom. The third-order valence-corrected chi connectivity index (χ3v) is 4.84. The highest BCUT2D eigenvalue weighted by Crippen LogP contribution is 2.31. The van der Waals surface area contributed by atoms with Crippen LogP contribution in [0.5, 0.6) is 0 Å². The van der Waals surface area contributed by atoms with Crippen molar-refractivity contribution in [2.45, 2.75) is 65.2 Å². The number of nitrogens with one attached hydrogen (secondary N) is 1. The first-order valence-corrected chi connectivity index (χ1v) is 9.61. The van der Waals surface area contributed by atoms with Gasteiger partial charge in [-0.25, -0.2) is 0 Å². The van der Waals surface area contributed by atoms with E-state index in [9.17, 15) is 9.59 Å². The Labute approximate surface area is 157 Å². The molecular weight excluding hydrogens is 324 g/mol. The van der Waals surface area contributed by atoms with Crippen molar-refractivity contribution in [3.05, 3.63) is 41.5 Å². The van der Waals surface area contributed by atoms with Crippen LogP contribution in [0.2, 0.25) is 0 Å². The number of carbonyl (C=O) groups is 2. The van der Waals surface area contributed by atoms with Gasteiger partial charge < -0.3 is 10.2 Å². The third-order valence-electron chi connectivity index (χ3n) is 4.84. The minimum atomic E-state index is -0.119. The molecule has 0 spiro atoms. The maximum atomic E-state index is 12.4. The lowest BCUT2D eigenvalue weighted by molar-refractivity contribution is -0.123. The fourth-order valence-electron chi connectivity index (χ4n) is 3.40. The van der Waals surface area contributed by atoms with E-state index in [1.54, 1.807) is 4.90 Å². The molecule has 0 saturated heterocycles. The van der Waals surface area contributed by atoms with Crippen LogP contribution in [0.4, 0.5) is 5.69 Å². The summed E-state index contributed by atoms with van der Waals surface area (Å²) in [7, 11) is 0. The SMILES string of the molecule is CC(=O)N(CC(=O)NCCC1=CCCCC1)c1ccccc1C(C)(C)C. The van der Waals surface area contributed by atoms with E-state index >= 15 is 0 Å². The van der Waals surface area contributed by atoms with Gasteiger partial charge in [0.15, 0.2) is 0 Å². The number of para-hydroxylation sites is 1. The van der Waals surface area contributed by atoms with Crippen LogP contribution in [0.25, 0.3) is 0 Å². The van der Waals surface area contributed by atoms with Gasteiger partial charge in [0, 0.05) is 19.2 Å². The van der Waals surface area contributed by atoms with Gasteiger partial charge in [-0.3, -0.25) is 9.59 Å². The first kappa shape index (κ1) is 20.2. The molecule has 142 valence electrons. The van der Waals surface area contributed by atoms with Crippen LogP contribution >= 0.6 is 0 Å². The van der Waals surface area contributed by atoms with Crippen molar-refractivity contribution in [2.24, 2.45) is 0 Å². The van der Waals surface area contributed by atoms with E-state index in [2.05, 4.69) is 32.2 Å². The molecule has 4 nitrogen and oxygen atoms in total. The molecule has 1 aromatic rings. The van der Waals surface area contributed by atoms with E-state index < -0.39 is 0 Å². The van der Waals surface area contributed by atoms with Crippen molar-refractivity contribution in [2.75, 3.05) is 18.0 Å². The van der Waals surface area contributed by atoms with Gasteiger partial charge in [-0.05, 0) is 49.1 Å². The van der Waals surface area contributed by atoms with Gasteiger partial charge in [0.2, 0.25) is 11.8 Å². The van der Waals surface area contributed by atoms with Gasteiger partial charge in [0.1, 0.15) is 6.54 Å². The molecule has 0 fully saturated rings. The summed E-state index contributed by atoms with van der Waals surface area (Å²) in [5, 5.41) is 2.97. The topological polar surface area (TPSA) is 49.4 Å². The zero-order chi connectivity index (χ0) is 19.2. The van der Waals surface area contributed by atoms with E-state index in [1.807, 2.05) is 24.3 Å². The summed E-state index contributed by atoms with van der Waals surface area (Å²) in [5.74, 6) is -0.229. The van der Waals surface area contributed by atoms with Gasteiger partial charge in [-0.15, -0.1) is 0 Å². The smallest absolute Gasteiger partial charge is 0.240 e. The molecule has 0 radical (unpaired) electrons. The van der Waals surface area contributed by atoms with E-state index in [0.717, 1.165) is 30.5 Å². The maximum absolute atomic E-state index is 12.4. The number of hydrogen-bond donors (Lipinski definition) is 1. The van der Waals surface area contributed by atoms with Crippen LogP contribution in [0.3, 0.4) is 0 Å². The molecule has 0 bridgehead atoms. The molecule has 2 rings (SSSR count). The molecule has 2 amide bonds. The van der Waals surface area contributed by atoms with Gasteiger partial charge in [-0.2, -0.15) is 0 Å². The average molecular weight is 357 g/mol. The number of benzene rings is 1. The predicted octanol–water partition coefficient (Wildman–Crippen LogP) is 4.34. The lowest BCUT2D eigenvalue weighted by Crippen LogP contribution is -2.41. The lowest BCUT2D eigenvalue weighted by Gasteiger charge is -2.29. The Balaban J connectivity index is 2.01. The van der Waals surface area contributed by atoms with Crippen molar-refractivity contribution in [3.8, 4) is 0 Å². The molecule has 26 heavy (non-hydrogen) atoms. The molecule has 0 heterocycles. The Hall–Kier alpha value is -2.10. The van der Waals surface area contributed by atoms with Crippen molar-refractivity contribution >= 4 is 17.5 Å². The first-order valence-electron chi connectivity index (χ1n) is 9.61. The molecule has 1 N–H and O–H groups in total. The summed E-state index contributed by atoms with van der Waals surface area (Å²) in [6.45, 7) is 8.55. The average Bonchev–Trinajstić information content (AvgIpc) is 2.59. The monoisotopic (exact) mass is 356 g/mol. The van der Waals surface area contributed by atoms with Crippen LogP contribution in [0.1, 0.15) is 65.4 Å². The molecule has 1 aliphatic rings. The summed E-state index contributed by atoms with van der Waals surface area (Å²) in [6, 6.07) is 7.83. The molecule has 1 aliphatic carbocycles. The predicted molar refractivity (Wildman–Crippen MR) is 107 cm³/mol. The Kier molecular flexibility index (Phi) is 7.01. The van der Waals surface area contributed by atoms with Crippen LogP contribution in [0, 0.1) is 0 Å². The molecule has 0 aromatic heterocycles. The largest absolute Gasteiger partial charge is 0.354 e. The highest BCUT2D eigenvalue weighted by atomic mass is 16.2. The maximum Gasteiger partial charge on any atom is 0.240 e. The summed E-state index contributed by atoms with van der Waals surface area (Å²) in [5.41, 5.74) is 3.22. The van der Waals surface area contributed by atoms with Crippen LogP contribution < -0.4 is 10.2 Å². The third kappa shape index (κ3) is 5.72.